The highest BCUT2D eigenvalue weighted by molar-refractivity contribution is 6.33. The Hall–Kier alpha value is -2.42. The van der Waals surface area contributed by atoms with Crippen molar-refractivity contribution in [2.24, 2.45) is 10.9 Å². The van der Waals surface area contributed by atoms with E-state index in [0.29, 0.717) is 17.9 Å². The Morgan fingerprint density at radius 1 is 0.800 bits per heavy atom. The van der Waals surface area contributed by atoms with E-state index in [-0.39, 0.29) is 6.04 Å². The summed E-state index contributed by atoms with van der Waals surface area (Å²) in [5.41, 5.74) is 3.75. The average molecular weight is 415 g/mol. The first-order chi connectivity index (χ1) is 14.8. The maximum atomic E-state index is 6.41. The van der Waals surface area contributed by atoms with Gasteiger partial charge in [-0.05, 0) is 49.0 Å². The maximum Gasteiger partial charge on any atom is 0.0693 e. The van der Waals surface area contributed by atoms with E-state index in [4.69, 9.17) is 16.6 Å². The van der Waals surface area contributed by atoms with Crippen molar-refractivity contribution in [1.82, 2.24) is 4.90 Å². The van der Waals surface area contributed by atoms with E-state index in [1.807, 2.05) is 30.5 Å². The first kappa shape index (κ1) is 19.5. The lowest BCUT2D eigenvalue weighted by Crippen LogP contribution is -2.59. The molecular formula is C27H27ClN2. The van der Waals surface area contributed by atoms with E-state index in [9.17, 15) is 0 Å². The lowest BCUT2D eigenvalue weighted by molar-refractivity contribution is 0.0215. The topological polar surface area (TPSA) is 15.6 Å². The van der Waals surface area contributed by atoms with Crippen LogP contribution in [0.25, 0.3) is 0 Å². The SMILES string of the molecule is Clc1ccccc1C=N[C@@H]1C2CCN(CC2)[C@H]1C(c1ccccc1)c1ccccc1. The number of hydrogen-bond acceptors (Lipinski definition) is 2. The molecule has 3 aliphatic heterocycles. The largest absolute Gasteiger partial charge is 0.297 e. The van der Waals surface area contributed by atoms with Gasteiger partial charge in [-0.1, -0.05) is 90.5 Å². The smallest absolute Gasteiger partial charge is 0.0693 e. The summed E-state index contributed by atoms with van der Waals surface area (Å²) in [6.45, 7) is 2.34. The standard InChI is InChI=1S/C27H27ClN2/c28-24-14-8-7-13-23(24)19-29-26-22-15-17-30(18-16-22)27(26)25(20-9-3-1-4-10-20)21-11-5-2-6-12-21/h1-14,19,22,25-27H,15-18H2/t26-,27+/m1/s1. The van der Waals surface area contributed by atoms with Crippen molar-refractivity contribution in [3.05, 3.63) is 107 Å². The van der Waals surface area contributed by atoms with Crippen molar-refractivity contribution in [3.8, 4) is 0 Å². The van der Waals surface area contributed by atoms with Gasteiger partial charge in [0.15, 0.2) is 0 Å². The van der Waals surface area contributed by atoms with Gasteiger partial charge in [-0.3, -0.25) is 9.89 Å². The fourth-order valence-corrected chi connectivity index (χ4v) is 5.51. The Morgan fingerprint density at radius 3 is 1.97 bits per heavy atom. The maximum absolute atomic E-state index is 6.41. The summed E-state index contributed by atoms with van der Waals surface area (Å²) in [5.74, 6) is 0.942. The highest BCUT2D eigenvalue weighted by Gasteiger charge is 2.46. The molecule has 6 rings (SSSR count). The number of hydrogen-bond donors (Lipinski definition) is 0. The summed E-state index contributed by atoms with van der Waals surface area (Å²) in [7, 11) is 0. The Bertz CT molecular complexity index is 954. The highest BCUT2D eigenvalue weighted by atomic mass is 35.5. The van der Waals surface area contributed by atoms with Crippen LogP contribution in [0.15, 0.2) is 89.9 Å². The van der Waals surface area contributed by atoms with Gasteiger partial charge in [-0.2, -0.15) is 0 Å². The van der Waals surface area contributed by atoms with Crippen LogP contribution in [0.3, 0.4) is 0 Å². The van der Waals surface area contributed by atoms with Gasteiger partial charge in [0.1, 0.15) is 0 Å². The Labute approximate surface area is 184 Å². The molecule has 30 heavy (non-hydrogen) atoms. The summed E-state index contributed by atoms with van der Waals surface area (Å²) in [4.78, 5) is 7.88. The molecule has 3 heterocycles. The minimum Gasteiger partial charge on any atom is -0.297 e. The number of nitrogens with zero attached hydrogens (tertiary/aromatic N) is 2. The molecule has 0 radical (unpaired) electrons. The number of halogens is 1. The average Bonchev–Trinajstić information content (AvgIpc) is 2.81. The van der Waals surface area contributed by atoms with E-state index in [2.05, 4.69) is 65.6 Å². The molecule has 3 aromatic rings. The lowest BCUT2D eigenvalue weighted by atomic mass is 9.71. The van der Waals surface area contributed by atoms with Crippen LogP contribution in [0.2, 0.25) is 5.02 Å². The van der Waals surface area contributed by atoms with Crippen molar-refractivity contribution >= 4 is 17.8 Å². The molecule has 3 heteroatoms. The van der Waals surface area contributed by atoms with Crippen LogP contribution in [0.4, 0.5) is 0 Å². The Kier molecular flexibility index (Phi) is 5.70. The second-order valence-corrected chi connectivity index (χ2v) is 8.86. The first-order valence-corrected chi connectivity index (χ1v) is 11.3. The number of rotatable bonds is 5. The van der Waals surface area contributed by atoms with Crippen molar-refractivity contribution in [2.45, 2.75) is 30.8 Å². The highest BCUT2D eigenvalue weighted by Crippen LogP contribution is 2.43. The number of aliphatic imine (C=N–C) groups is 1. The molecule has 0 saturated carbocycles. The molecule has 3 aromatic carbocycles. The third-order valence-corrected chi connectivity index (χ3v) is 7.12. The molecule has 3 saturated heterocycles. The van der Waals surface area contributed by atoms with Gasteiger partial charge in [-0.15, -0.1) is 0 Å². The molecule has 152 valence electrons. The summed E-state index contributed by atoms with van der Waals surface area (Å²) >= 11 is 6.41. The van der Waals surface area contributed by atoms with Crippen LogP contribution in [0.1, 0.15) is 35.4 Å². The van der Waals surface area contributed by atoms with Crippen LogP contribution in [-0.2, 0) is 0 Å². The van der Waals surface area contributed by atoms with Crippen molar-refractivity contribution in [2.75, 3.05) is 13.1 Å². The van der Waals surface area contributed by atoms with E-state index in [1.165, 1.54) is 37.1 Å². The van der Waals surface area contributed by atoms with Gasteiger partial charge in [0.05, 0.1) is 6.04 Å². The van der Waals surface area contributed by atoms with E-state index in [1.54, 1.807) is 0 Å². The van der Waals surface area contributed by atoms with Crippen molar-refractivity contribution in [3.63, 3.8) is 0 Å². The lowest BCUT2D eigenvalue weighted by Gasteiger charge is -2.52. The fourth-order valence-electron chi connectivity index (χ4n) is 5.33. The van der Waals surface area contributed by atoms with Gasteiger partial charge >= 0.3 is 0 Å². The predicted octanol–water partition coefficient (Wildman–Crippen LogP) is 6.05. The van der Waals surface area contributed by atoms with Crippen LogP contribution in [0, 0.1) is 5.92 Å². The molecular weight excluding hydrogens is 388 g/mol. The molecule has 2 nitrogen and oxygen atoms in total. The number of piperidine rings is 3. The zero-order valence-electron chi connectivity index (χ0n) is 17.1. The van der Waals surface area contributed by atoms with Crippen molar-refractivity contribution in [1.29, 1.82) is 0 Å². The van der Waals surface area contributed by atoms with E-state index < -0.39 is 0 Å². The summed E-state index contributed by atoms with van der Waals surface area (Å²) in [6, 6.07) is 30.5. The zero-order chi connectivity index (χ0) is 20.3. The van der Waals surface area contributed by atoms with Gasteiger partial charge in [0, 0.05) is 28.8 Å². The fraction of sp³-hybridized carbons (Fsp3) is 0.296. The summed E-state index contributed by atoms with van der Waals surface area (Å²) in [6.07, 6.45) is 4.48. The van der Waals surface area contributed by atoms with E-state index >= 15 is 0 Å². The molecule has 3 fully saturated rings. The third-order valence-electron chi connectivity index (χ3n) is 6.78. The Morgan fingerprint density at radius 2 is 1.37 bits per heavy atom. The van der Waals surface area contributed by atoms with Gasteiger partial charge in [0.25, 0.3) is 0 Å². The summed E-state index contributed by atoms with van der Waals surface area (Å²) in [5, 5.41) is 0.766. The normalized spacial score (nSPS) is 25.8. The molecule has 3 aliphatic rings. The molecule has 0 unspecified atom stereocenters. The van der Waals surface area contributed by atoms with E-state index in [0.717, 1.165) is 10.6 Å². The van der Waals surface area contributed by atoms with Crippen LogP contribution in [-0.4, -0.2) is 36.3 Å². The van der Waals surface area contributed by atoms with Crippen molar-refractivity contribution < 1.29 is 0 Å². The quantitative estimate of drug-likeness (QED) is 0.464. The van der Waals surface area contributed by atoms with Crippen LogP contribution >= 0.6 is 11.6 Å². The number of benzene rings is 3. The van der Waals surface area contributed by atoms with Gasteiger partial charge < -0.3 is 0 Å². The van der Waals surface area contributed by atoms with Crippen LogP contribution in [0.5, 0.6) is 0 Å². The Balaban J connectivity index is 1.56. The van der Waals surface area contributed by atoms with Gasteiger partial charge in [0.2, 0.25) is 0 Å². The molecule has 0 aliphatic carbocycles. The monoisotopic (exact) mass is 414 g/mol. The molecule has 0 aromatic heterocycles. The predicted molar refractivity (Wildman–Crippen MR) is 126 cm³/mol. The molecule has 0 spiro atoms. The second-order valence-electron chi connectivity index (χ2n) is 8.45. The first-order valence-electron chi connectivity index (χ1n) is 10.9. The molecule has 2 atom stereocenters. The third kappa shape index (κ3) is 3.82. The minimum absolute atomic E-state index is 0.272. The summed E-state index contributed by atoms with van der Waals surface area (Å²) < 4.78 is 0. The minimum atomic E-state index is 0.272. The molecule has 0 amide bonds. The van der Waals surface area contributed by atoms with Crippen LogP contribution < -0.4 is 0 Å². The number of fused-ring (bicyclic) bond motifs is 3. The molecule has 0 N–H and O–H groups in total. The molecule has 2 bridgehead atoms. The zero-order valence-corrected chi connectivity index (χ0v) is 17.8. The second kappa shape index (κ2) is 8.75. The van der Waals surface area contributed by atoms with Gasteiger partial charge in [-0.25, -0.2) is 0 Å².